The van der Waals surface area contributed by atoms with Gasteiger partial charge in [-0.15, -0.1) is 0 Å². The molecule has 0 radical (unpaired) electrons. The maximum atomic E-state index is 12.2. The van der Waals surface area contributed by atoms with Crippen molar-refractivity contribution in [2.75, 3.05) is 6.61 Å². The minimum absolute atomic E-state index is 0.0633. The van der Waals surface area contributed by atoms with Gasteiger partial charge in [-0.1, -0.05) is 18.2 Å². The molecule has 2 aromatic heterocycles. The van der Waals surface area contributed by atoms with Gasteiger partial charge in [0.25, 0.3) is 5.56 Å². The van der Waals surface area contributed by atoms with Crippen molar-refractivity contribution in [1.82, 2.24) is 9.38 Å². The van der Waals surface area contributed by atoms with E-state index in [0.29, 0.717) is 18.0 Å². The molecule has 0 saturated carbocycles. The van der Waals surface area contributed by atoms with Crippen molar-refractivity contribution in [1.29, 1.82) is 0 Å². The van der Waals surface area contributed by atoms with Crippen LogP contribution in [0.2, 0.25) is 0 Å². The summed E-state index contributed by atoms with van der Waals surface area (Å²) >= 11 is 5.09. The third-order valence-corrected chi connectivity index (χ3v) is 4.94. The van der Waals surface area contributed by atoms with E-state index in [2.05, 4.69) is 27.0 Å². The lowest BCUT2D eigenvalue weighted by Crippen LogP contribution is -2.15. The highest BCUT2D eigenvalue weighted by molar-refractivity contribution is 9.10. The Balaban J connectivity index is 1.72. The first kappa shape index (κ1) is 17.0. The van der Waals surface area contributed by atoms with Crippen LogP contribution < -0.4 is 10.3 Å². The van der Waals surface area contributed by atoms with E-state index in [-0.39, 0.29) is 5.56 Å². The molecular weight excluding hydrogens is 388 g/mol. The maximum Gasteiger partial charge on any atom is 0.258 e. The van der Waals surface area contributed by atoms with Gasteiger partial charge >= 0.3 is 0 Å². The molecule has 24 heavy (non-hydrogen) atoms. The average Bonchev–Trinajstić information content (AvgIpc) is 2.57. The maximum absolute atomic E-state index is 12.2. The first-order valence-electron chi connectivity index (χ1n) is 7.63. The fourth-order valence-electron chi connectivity index (χ4n) is 2.38. The molecule has 124 valence electrons. The van der Waals surface area contributed by atoms with Crippen molar-refractivity contribution in [3.63, 3.8) is 0 Å². The molecular formula is C18H17BrN2O2S. The van der Waals surface area contributed by atoms with E-state index in [1.165, 1.54) is 0 Å². The van der Waals surface area contributed by atoms with Crippen LogP contribution in [-0.2, 0) is 11.5 Å². The zero-order chi connectivity index (χ0) is 16.9. The molecule has 0 unspecified atom stereocenters. The molecule has 0 amide bonds. The van der Waals surface area contributed by atoms with E-state index in [1.807, 2.05) is 37.3 Å². The molecule has 2 heterocycles. The first-order valence-corrected chi connectivity index (χ1v) is 9.58. The number of hydrogen-bond donors (Lipinski definition) is 0. The Hall–Kier alpha value is -1.79. The zero-order valence-electron chi connectivity index (χ0n) is 13.2. The van der Waals surface area contributed by atoms with Crippen molar-refractivity contribution < 1.29 is 4.74 Å². The molecule has 0 saturated heterocycles. The number of rotatable bonds is 6. The molecule has 0 atom stereocenters. The molecule has 0 aliphatic rings. The normalized spacial score (nSPS) is 10.9. The number of thioether (sulfide) groups is 1. The highest BCUT2D eigenvalue weighted by Crippen LogP contribution is 2.24. The summed E-state index contributed by atoms with van der Waals surface area (Å²) < 4.78 is 8.04. The van der Waals surface area contributed by atoms with Gasteiger partial charge in [0.1, 0.15) is 11.4 Å². The van der Waals surface area contributed by atoms with Crippen molar-refractivity contribution >= 4 is 33.3 Å². The van der Waals surface area contributed by atoms with Gasteiger partial charge in [0.2, 0.25) is 0 Å². The predicted octanol–water partition coefficient (Wildman–Crippen LogP) is 4.29. The minimum atomic E-state index is -0.0633. The molecule has 0 N–H and O–H groups in total. The van der Waals surface area contributed by atoms with Gasteiger partial charge < -0.3 is 4.74 Å². The second kappa shape index (κ2) is 7.85. The zero-order valence-corrected chi connectivity index (χ0v) is 15.6. The summed E-state index contributed by atoms with van der Waals surface area (Å²) in [6, 6.07) is 13.4. The largest absolute Gasteiger partial charge is 0.494 e. The number of halogens is 1. The Morgan fingerprint density at radius 2 is 2.04 bits per heavy atom. The highest BCUT2D eigenvalue weighted by Gasteiger charge is 2.06. The number of benzene rings is 1. The minimum Gasteiger partial charge on any atom is -0.494 e. The van der Waals surface area contributed by atoms with Crippen LogP contribution in [0.15, 0.2) is 57.9 Å². The van der Waals surface area contributed by atoms with Gasteiger partial charge in [0, 0.05) is 33.8 Å². The van der Waals surface area contributed by atoms with E-state index in [1.54, 1.807) is 28.4 Å². The second-order valence-electron chi connectivity index (χ2n) is 5.19. The van der Waals surface area contributed by atoms with Crippen LogP contribution >= 0.6 is 27.7 Å². The number of aromatic nitrogens is 2. The Morgan fingerprint density at radius 3 is 2.88 bits per heavy atom. The van der Waals surface area contributed by atoms with Crippen LogP contribution in [0, 0.1) is 0 Å². The van der Waals surface area contributed by atoms with Crippen LogP contribution in [0.5, 0.6) is 5.75 Å². The monoisotopic (exact) mass is 404 g/mol. The summed E-state index contributed by atoms with van der Waals surface area (Å²) in [5.74, 6) is 2.42. The molecule has 0 aliphatic carbocycles. The summed E-state index contributed by atoms with van der Waals surface area (Å²) in [5, 5.41) is 0. The molecule has 0 aliphatic heterocycles. The average molecular weight is 405 g/mol. The summed E-state index contributed by atoms with van der Waals surface area (Å²) in [6.45, 7) is 2.63. The van der Waals surface area contributed by atoms with Crippen molar-refractivity contribution in [3.8, 4) is 5.75 Å². The summed E-state index contributed by atoms with van der Waals surface area (Å²) in [5.41, 5.74) is 2.55. The third kappa shape index (κ3) is 3.99. The quantitative estimate of drug-likeness (QED) is 0.614. The number of hydrogen-bond acceptors (Lipinski definition) is 4. The predicted molar refractivity (Wildman–Crippen MR) is 102 cm³/mol. The van der Waals surface area contributed by atoms with Gasteiger partial charge in [-0.3, -0.25) is 9.20 Å². The molecule has 6 heteroatoms. The summed E-state index contributed by atoms with van der Waals surface area (Å²) in [4.78, 5) is 16.8. The van der Waals surface area contributed by atoms with Gasteiger partial charge in [-0.25, -0.2) is 4.98 Å². The number of fused-ring (bicyclic) bond motifs is 1. The van der Waals surface area contributed by atoms with Crippen LogP contribution in [0.3, 0.4) is 0 Å². The van der Waals surface area contributed by atoms with E-state index in [4.69, 9.17) is 4.74 Å². The molecule has 0 bridgehead atoms. The van der Waals surface area contributed by atoms with Gasteiger partial charge in [-0.2, -0.15) is 11.8 Å². The Morgan fingerprint density at radius 1 is 1.21 bits per heavy atom. The Labute approximate surface area is 153 Å². The van der Waals surface area contributed by atoms with Crippen LogP contribution in [0.25, 0.3) is 5.65 Å². The van der Waals surface area contributed by atoms with E-state index >= 15 is 0 Å². The van der Waals surface area contributed by atoms with Crippen molar-refractivity contribution in [2.45, 2.75) is 18.4 Å². The summed E-state index contributed by atoms with van der Waals surface area (Å²) in [6.07, 6.45) is 1.74. The molecule has 4 nitrogen and oxygen atoms in total. The highest BCUT2D eigenvalue weighted by atomic mass is 79.9. The van der Waals surface area contributed by atoms with Gasteiger partial charge in [0.15, 0.2) is 0 Å². The molecule has 1 aromatic carbocycles. The fraction of sp³-hybridized carbons (Fsp3) is 0.222. The number of para-hydroxylation sites is 1. The lowest BCUT2D eigenvalue weighted by Gasteiger charge is -2.09. The second-order valence-corrected chi connectivity index (χ2v) is 7.10. The summed E-state index contributed by atoms with van der Waals surface area (Å²) in [7, 11) is 0. The van der Waals surface area contributed by atoms with Crippen LogP contribution in [0.4, 0.5) is 0 Å². The number of nitrogens with zero attached hydrogens (tertiary/aromatic N) is 2. The SMILES string of the molecule is CCOc1ccccc1CSCc1cc(=O)n2cc(Br)ccc2n1. The van der Waals surface area contributed by atoms with E-state index < -0.39 is 0 Å². The number of pyridine rings is 1. The molecule has 0 spiro atoms. The Kier molecular flexibility index (Phi) is 5.58. The molecule has 0 fully saturated rings. The molecule has 3 aromatic rings. The van der Waals surface area contributed by atoms with E-state index in [0.717, 1.165) is 27.2 Å². The first-order chi connectivity index (χ1) is 11.7. The van der Waals surface area contributed by atoms with Gasteiger partial charge in [-0.05, 0) is 41.1 Å². The number of ether oxygens (including phenoxy) is 1. The molecule has 3 rings (SSSR count). The van der Waals surface area contributed by atoms with Crippen molar-refractivity contribution in [3.05, 3.63) is 74.7 Å². The van der Waals surface area contributed by atoms with Crippen LogP contribution in [-0.4, -0.2) is 16.0 Å². The lowest BCUT2D eigenvalue weighted by molar-refractivity contribution is 0.337. The topological polar surface area (TPSA) is 43.6 Å². The fourth-order valence-corrected chi connectivity index (χ4v) is 3.64. The third-order valence-electron chi connectivity index (χ3n) is 3.46. The Bertz CT molecular complexity index is 911. The van der Waals surface area contributed by atoms with Crippen LogP contribution in [0.1, 0.15) is 18.2 Å². The lowest BCUT2D eigenvalue weighted by atomic mass is 10.2. The smallest absolute Gasteiger partial charge is 0.258 e. The van der Waals surface area contributed by atoms with Gasteiger partial charge in [0.05, 0.1) is 12.3 Å². The standard InChI is InChI=1S/C18H17BrN2O2S/c1-2-23-16-6-4-3-5-13(16)11-24-12-15-9-18(22)21-10-14(19)7-8-17(21)20-15/h3-10H,2,11-12H2,1H3. The van der Waals surface area contributed by atoms with Crippen molar-refractivity contribution in [2.24, 2.45) is 0 Å². The van der Waals surface area contributed by atoms with E-state index in [9.17, 15) is 4.79 Å².